The monoisotopic (exact) mass is 179 g/mol. The maximum atomic E-state index is 7.78. The molecule has 0 unspecified atom stereocenters. The number of rotatable bonds is 1. The summed E-state index contributed by atoms with van der Waals surface area (Å²) < 4.78 is 38.2. The van der Waals surface area contributed by atoms with Gasteiger partial charge in [-0.2, -0.15) is 0 Å². The zero-order valence-corrected chi connectivity index (χ0v) is 6.65. The molecular weight excluding hydrogens is 164 g/mol. The lowest BCUT2D eigenvalue weighted by Gasteiger charge is -2.00. The van der Waals surface area contributed by atoms with E-state index < -0.39 is 12.5 Å². The number of nitrogens with zero attached hydrogens (tertiary/aromatic N) is 3. The lowest BCUT2D eigenvalue weighted by Crippen LogP contribution is -1.93. The normalized spacial score (nSPS) is 16.8. The first-order valence-electron chi connectivity index (χ1n) is 6.08. The first-order valence-corrected chi connectivity index (χ1v) is 3.58. The minimum Gasteiger partial charge on any atom is -0.397 e. The smallest absolute Gasteiger partial charge is 0.105 e. The van der Waals surface area contributed by atoms with Crippen molar-refractivity contribution in [1.29, 1.82) is 0 Å². The van der Waals surface area contributed by atoms with Gasteiger partial charge >= 0.3 is 0 Å². The zero-order valence-electron chi connectivity index (χ0n) is 11.7. The molecule has 0 aromatic carbocycles. The Morgan fingerprint density at radius 1 is 1.62 bits per heavy atom. The molecule has 4 heteroatoms. The van der Waals surface area contributed by atoms with Crippen molar-refractivity contribution in [3.8, 4) is 5.69 Å². The minimum atomic E-state index is -2.52. The maximum Gasteiger partial charge on any atom is 0.105 e. The van der Waals surface area contributed by atoms with E-state index in [1.807, 2.05) is 0 Å². The Balaban J connectivity index is 2.63. The largest absolute Gasteiger partial charge is 0.397 e. The molecule has 0 aliphatic rings. The molecule has 0 radical (unpaired) electrons. The van der Waals surface area contributed by atoms with Crippen LogP contribution in [0.1, 0.15) is 12.5 Å². The Labute approximate surface area is 83.1 Å². The number of aromatic nitrogens is 3. The van der Waals surface area contributed by atoms with E-state index >= 15 is 0 Å². The van der Waals surface area contributed by atoms with E-state index in [1.54, 1.807) is 0 Å². The number of pyridine rings is 1. The van der Waals surface area contributed by atoms with E-state index in [4.69, 9.17) is 12.6 Å². The standard InChI is InChI=1S/C9H10N4/c1-7-5-13(6-12-7)9-2-8(10)3-11-4-9/h2-6H,10H2,1H3/i1D3,5D,6D. The molecule has 2 aromatic rings. The molecule has 4 nitrogen and oxygen atoms in total. The van der Waals surface area contributed by atoms with Crippen LogP contribution >= 0.6 is 0 Å². The van der Waals surface area contributed by atoms with Gasteiger partial charge in [-0.1, -0.05) is 0 Å². The van der Waals surface area contributed by atoms with Crippen LogP contribution in [-0.2, 0) is 0 Å². The Kier molecular flexibility index (Phi) is 0.871. The molecule has 2 N–H and O–H groups in total. The molecule has 13 heavy (non-hydrogen) atoms. The summed E-state index contributed by atoms with van der Waals surface area (Å²) in [6.07, 6.45) is 2.11. The van der Waals surface area contributed by atoms with Gasteiger partial charge in [0.1, 0.15) is 1.37 Å². The van der Waals surface area contributed by atoms with Crippen LogP contribution in [0.25, 0.3) is 5.69 Å². The molecule has 0 aliphatic carbocycles. The highest BCUT2D eigenvalue weighted by molar-refractivity contribution is 5.44. The minimum absolute atomic E-state index is 0.335. The van der Waals surface area contributed by atoms with Crippen molar-refractivity contribution in [2.45, 2.75) is 6.85 Å². The van der Waals surface area contributed by atoms with E-state index in [1.165, 1.54) is 18.5 Å². The van der Waals surface area contributed by atoms with Gasteiger partial charge < -0.3 is 10.3 Å². The number of hydrogen-bond acceptors (Lipinski definition) is 3. The van der Waals surface area contributed by atoms with Gasteiger partial charge in [-0.3, -0.25) is 4.98 Å². The summed E-state index contributed by atoms with van der Waals surface area (Å²) in [6.45, 7) is -2.52. The highest BCUT2D eigenvalue weighted by atomic mass is 15.0. The molecule has 2 rings (SSSR count). The third kappa shape index (κ3) is 1.51. The van der Waals surface area contributed by atoms with Crippen LogP contribution in [0.4, 0.5) is 5.69 Å². The van der Waals surface area contributed by atoms with E-state index in [9.17, 15) is 0 Å². The van der Waals surface area contributed by atoms with Crippen LogP contribution < -0.4 is 5.73 Å². The van der Waals surface area contributed by atoms with Crippen LogP contribution in [0.2, 0.25) is 0 Å². The van der Waals surface area contributed by atoms with Gasteiger partial charge in [-0.05, 0) is 12.9 Å². The third-order valence-electron chi connectivity index (χ3n) is 1.48. The summed E-state index contributed by atoms with van der Waals surface area (Å²) in [5, 5.41) is 0. The number of nitrogen functional groups attached to an aromatic ring is 1. The Hall–Kier alpha value is -1.84. The third-order valence-corrected chi connectivity index (χ3v) is 1.48. The average molecular weight is 179 g/mol. The highest BCUT2D eigenvalue weighted by Gasteiger charge is 1.97. The first-order chi connectivity index (χ1) is 8.30. The van der Waals surface area contributed by atoms with Gasteiger partial charge in [-0.15, -0.1) is 0 Å². The fourth-order valence-electron chi connectivity index (χ4n) is 0.945. The molecule has 66 valence electrons. The zero-order chi connectivity index (χ0) is 13.5. The molecule has 0 amide bonds. The van der Waals surface area contributed by atoms with E-state index in [0.29, 0.717) is 11.4 Å². The molecule has 2 heterocycles. The van der Waals surface area contributed by atoms with Gasteiger partial charge in [0.05, 0.1) is 30.9 Å². The number of imidazole rings is 1. The SMILES string of the molecule is [2H]c1nc(C([2H])([2H])[2H])c([2H])n1-c1cncc(N)c1. The molecule has 0 aliphatic heterocycles. The van der Waals surface area contributed by atoms with Crippen molar-refractivity contribution in [3.63, 3.8) is 0 Å². The molecule has 0 fully saturated rings. The maximum absolute atomic E-state index is 7.78. The van der Waals surface area contributed by atoms with Crippen molar-refractivity contribution in [2.75, 3.05) is 5.73 Å². The van der Waals surface area contributed by atoms with Crippen LogP contribution in [0.3, 0.4) is 0 Å². The quantitative estimate of drug-likeness (QED) is 0.714. The average Bonchev–Trinajstić information content (AvgIpc) is 2.54. The Morgan fingerprint density at radius 2 is 2.54 bits per heavy atom. The van der Waals surface area contributed by atoms with Gasteiger partial charge in [0.15, 0.2) is 0 Å². The summed E-state index contributed by atoms with van der Waals surface area (Å²) in [5.41, 5.74) is 5.85. The summed E-state index contributed by atoms with van der Waals surface area (Å²) in [4.78, 5) is 7.43. The summed E-state index contributed by atoms with van der Waals surface area (Å²) >= 11 is 0. The second-order valence-corrected chi connectivity index (χ2v) is 2.48. The number of hydrogen-bond donors (Lipinski definition) is 1. The highest BCUT2D eigenvalue weighted by Crippen LogP contribution is 2.09. The van der Waals surface area contributed by atoms with Crippen LogP contribution in [0, 0.1) is 6.85 Å². The van der Waals surface area contributed by atoms with E-state index in [-0.39, 0.29) is 12.5 Å². The van der Waals surface area contributed by atoms with Crippen molar-refractivity contribution >= 4 is 5.69 Å². The fraction of sp³-hybridized carbons (Fsp3) is 0.111. The van der Waals surface area contributed by atoms with Crippen molar-refractivity contribution in [1.82, 2.24) is 14.5 Å². The Morgan fingerprint density at radius 3 is 3.23 bits per heavy atom. The second-order valence-electron chi connectivity index (χ2n) is 2.48. The number of nitrogens with two attached hydrogens (primary N) is 1. The lowest BCUT2D eigenvalue weighted by molar-refractivity contribution is 1.04. The van der Waals surface area contributed by atoms with Gasteiger partial charge in [0.2, 0.25) is 0 Å². The molecule has 0 saturated heterocycles. The Bertz CT molecular complexity index is 589. The van der Waals surface area contributed by atoms with Crippen LogP contribution in [0.5, 0.6) is 0 Å². The van der Waals surface area contributed by atoms with Crippen LogP contribution in [-0.4, -0.2) is 14.5 Å². The number of anilines is 1. The van der Waals surface area contributed by atoms with Crippen molar-refractivity contribution < 1.29 is 6.85 Å². The van der Waals surface area contributed by atoms with E-state index in [0.717, 1.165) is 4.57 Å². The van der Waals surface area contributed by atoms with Gasteiger partial charge in [0.25, 0.3) is 0 Å². The fourth-order valence-corrected chi connectivity index (χ4v) is 0.945. The topological polar surface area (TPSA) is 56.7 Å². The molecule has 2 aromatic heterocycles. The summed E-state index contributed by atoms with van der Waals surface area (Å²) in [7, 11) is 0. The van der Waals surface area contributed by atoms with E-state index in [2.05, 4.69) is 9.97 Å². The lowest BCUT2D eigenvalue weighted by atomic mass is 10.4. The molecular formula is C9H10N4. The molecule has 0 bridgehead atoms. The van der Waals surface area contributed by atoms with Crippen molar-refractivity contribution in [3.05, 3.63) is 36.6 Å². The predicted octanol–water partition coefficient (Wildman–Crippen LogP) is 1.16. The first kappa shape index (κ1) is 3.91. The van der Waals surface area contributed by atoms with Crippen molar-refractivity contribution in [2.24, 2.45) is 0 Å². The molecule has 0 atom stereocenters. The summed E-state index contributed by atoms with van der Waals surface area (Å²) in [5.74, 6) is 0. The molecule has 0 spiro atoms. The van der Waals surface area contributed by atoms with Gasteiger partial charge in [-0.25, -0.2) is 4.98 Å². The second kappa shape index (κ2) is 2.90. The molecule has 0 saturated carbocycles. The number of aryl methyl sites for hydroxylation is 1. The van der Waals surface area contributed by atoms with Gasteiger partial charge in [0, 0.05) is 16.5 Å². The van der Waals surface area contributed by atoms with Crippen LogP contribution in [0.15, 0.2) is 30.9 Å². The summed E-state index contributed by atoms with van der Waals surface area (Å²) in [6, 6.07) is 1.49. The predicted molar refractivity (Wildman–Crippen MR) is 50.5 cm³/mol.